The van der Waals surface area contributed by atoms with E-state index >= 15 is 0 Å². The van der Waals surface area contributed by atoms with Crippen molar-refractivity contribution in [3.8, 4) is 0 Å². The number of hydrogen-bond donors (Lipinski definition) is 5. The van der Waals surface area contributed by atoms with Crippen LogP contribution in [-0.4, -0.2) is 35.9 Å². The molecule has 9 heteroatoms. The van der Waals surface area contributed by atoms with E-state index in [2.05, 4.69) is 20.9 Å². The number of pyridine rings is 1. The third kappa shape index (κ3) is 5.80. The zero-order chi connectivity index (χ0) is 22.2. The van der Waals surface area contributed by atoms with Crippen molar-refractivity contribution < 1.29 is 14.4 Å². The maximum Gasteiger partial charge on any atom is 0.316 e. The predicted octanol–water partition coefficient (Wildman–Crippen LogP) is 2.02. The van der Waals surface area contributed by atoms with Gasteiger partial charge in [-0.25, -0.2) is 9.78 Å². The van der Waals surface area contributed by atoms with Crippen LogP contribution in [0.15, 0.2) is 66.7 Å². The van der Waals surface area contributed by atoms with E-state index in [1.165, 1.54) is 6.07 Å². The number of urea groups is 1. The van der Waals surface area contributed by atoms with E-state index in [-0.39, 0.29) is 36.4 Å². The number of carbonyl (C=O) groups excluding carboxylic acids is 3. The van der Waals surface area contributed by atoms with Gasteiger partial charge in [-0.15, -0.1) is 0 Å². The molecule has 1 aromatic heterocycles. The fraction of sp³-hybridized carbons (Fsp3) is 0.0909. The normalized spacial score (nSPS) is 10.7. The van der Waals surface area contributed by atoms with Gasteiger partial charge in [-0.2, -0.15) is 0 Å². The summed E-state index contributed by atoms with van der Waals surface area (Å²) in [6.07, 6.45) is 3.44. The van der Waals surface area contributed by atoms with Crippen molar-refractivity contribution in [2.45, 2.75) is 0 Å². The number of hydrogen-bond acceptors (Lipinski definition) is 5. The highest BCUT2D eigenvalue weighted by molar-refractivity contribution is 6.06. The van der Waals surface area contributed by atoms with Gasteiger partial charge in [-0.3, -0.25) is 9.59 Å². The van der Waals surface area contributed by atoms with Crippen molar-refractivity contribution in [3.63, 3.8) is 0 Å². The lowest BCUT2D eigenvalue weighted by atomic mass is 10.1. The first-order valence-electron chi connectivity index (χ1n) is 9.47. The zero-order valence-electron chi connectivity index (χ0n) is 16.6. The Labute approximate surface area is 178 Å². The van der Waals surface area contributed by atoms with Crippen molar-refractivity contribution in [3.05, 3.63) is 78.0 Å². The summed E-state index contributed by atoms with van der Waals surface area (Å²) in [5.74, 6) is -0.370. The fourth-order valence-corrected chi connectivity index (χ4v) is 2.93. The molecule has 0 unspecified atom stereocenters. The highest BCUT2D eigenvalue weighted by Gasteiger charge is 2.12. The quantitative estimate of drug-likeness (QED) is 0.372. The van der Waals surface area contributed by atoms with Gasteiger partial charge >= 0.3 is 6.03 Å². The minimum absolute atomic E-state index is 0.261. The van der Waals surface area contributed by atoms with E-state index in [4.69, 9.17) is 11.5 Å². The summed E-state index contributed by atoms with van der Waals surface area (Å²) in [6, 6.07) is 14.8. The molecule has 7 N–H and O–H groups in total. The Hall–Kier alpha value is -4.40. The molecule has 0 radical (unpaired) electrons. The molecule has 0 saturated carbocycles. The maximum absolute atomic E-state index is 12.5. The first-order chi connectivity index (χ1) is 14.9. The number of aromatic nitrogens is 1. The van der Waals surface area contributed by atoms with Crippen molar-refractivity contribution in [1.29, 1.82) is 0 Å². The van der Waals surface area contributed by atoms with Gasteiger partial charge in [0.1, 0.15) is 11.5 Å². The first kappa shape index (κ1) is 21.3. The number of nitrogens with two attached hydrogens (primary N) is 2. The summed E-state index contributed by atoms with van der Waals surface area (Å²) in [7, 11) is 0. The van der Waals surface area contributed by atoms with Crippen LogP contribution >= 0.6 is 0 Å². The number of benzene rings is 2. The number of amides is 4. The molecule has 0 aliphatic rings. The molecule has 0 fully saturated rings. The molecule has 0 bridgehead atoms. The maximum atomic E-state index is 12.5. The molecule has 31 heavy (non-hydrogen) atoms. The molecule has 3 aromatic rings. The number of fused-ring (bicyclic) bond motifs is 1. The Balaban J connectivity index is 1.50. The number of primary amides is 1. The molecule has 9 nitrogen and oxygen atoms in total. The smallest absolute Gasteiger partial charge is 0.316 e. The Kier molecular flexibility index (Phi) is 6.79. The van der Waals surface area contributed by atoms with Gasteiger partial charge in [0.2, 0.25) is 0 Å². The summed E-state index contributed by atoms with van der Waals surface area (Å²) < 4.78 is 0. The van der Waals surface area contributed by atoms with E-state index in [1.54, 1.807) is 36.4 Å². The average molecular weight is 418 g/mol. The van der Waals surface area contributed by atoms with Crippen LogP contribution in [0.2, 0.25) is 0 Å². The number of nitrogens with one attached hydrogen (secondary N) is 3. The molecule has 158 valence electrons. The molecule has 0 aliphatic heterocycles. The van der Waals surface area contributed by atoms with E-state index in [0.717, 1.165) is 10.8 Å². The van der Waals surface area contributed by atoms with Crippen LogP contribution in [0.4, 0.5) is 16.3 Å². The molecule has 1 heterocycles. The summed E-state index contributed by atoms with van der Waals surface area (Å²) >= 11 is 0. The van der Waals surface area contributed by atoms with Crippen LogP contribution in [-0.2, 0) is 0 Å². The number of nitrogens with zero attached hydrogens (tertiary/aromatic N) is 1. The van der Waals surface area contributed by atoms with Crippen molar-refractivity contribution in [2.75, 3.05) is 24.1 Å². The van der Waals surface area contributed by atoms with Gasteiger partial charge in [-0.1, -0.05) is 42.5 Å². The predicted molar refractivity (Wildman–Crippen MR) is 120 cm³/mol. The molecule has 2 aromatic carbocycles. The Morgan fingerprint density at radius 1 is 0.903 bits per heavy atom. The summed E-state index contributed by atoms with van der Waals surface area (Å²) in [5, 5.41) is 9.45. The summed E-state index contributed by atoms with van der Waals surface area (Å²) in [6.45, 7) is 0.527. The van der Waals surface area contributed by atoms with Gasteiger partial charge in [0.25, 0.3) is 11.8 Å². The molecule has 0 spiro atoms. The monoisotopic (exact) mass is 418 g/mol. The number of rotatable bonds is 7. The Morgan fingerprint density at radius 2 is 1.61 bits per heavy atom. The second kappa shape index (κ2) is 9.88. The second-order valence-electron chi connectivity index (χ2n) is 6.58. The van der Waals surface area contributed by atoms with E-state index in [0.29, 0.717) is 11.3 Å². The molecule has 4 amide bonds. The summed E-state index contributed by atoms with van der Waals surface area (Å²) in [5.41, 5.74) is 11.9. The molecule has 0 aliphatic carbocycles. The third-order valence-corrected chi connectivity index (χ3v) is 4.30. The molecule has 0 saturated heterocycles. The first-order valence-corrected chi connectivity index (χ1v) is 9.47. The van der Waals surface area contributed by atoms with Gasteiger partial charge in [0, 0.05) is 29.7 Å². The highest BCUT2D eigenvalue weighted by Crippen LogP contribution is 2.19. The molecule has 3 rings (SSSR count). The minimum Gasteiger partial charge on any atom is -0.384 e. The zero-order valence-corrected chi connectivity index (χ0v) is 16.6. The van der Waals surface area contributed by atoms with Crippen molar-refractivity contribution in [2.24, 2.45) is 5.73 Å². The van der Waals surface area contributed by atoms with Crippen LogP contribution in [0.5, 0.6) is 0 Å². The summed E-state index contributed by atoms with van der Waals surface area (Å²) in [4.78, 5) is 39.7. The number of carbonyl (C=O) groups is 3. The molecule has 0 atom stereocenters. The minimum atomic E-state index is -0.705. The lowest BCUT2D eigenvalue weighted by Gasteiger charge is -2.07. The van der Waals surface area contributed by atoms with Crippen LogP contribution in [0.25, 0.3) is 10.8 Å². The second-order valence-corrected chi connectivity index (χ2v) is 6.58. The Morgan fingerprint density at radius 3 is 2.35 bits per heavy atom. The number of anilines is 2. The fourth-order valence-electron chi connectivity index (χ4n) is 2.93. The van der Waals surface area contributed by atoms with Gasteiger partial charge in [0.05, 0.1) is 0 Å². The SMILES string of the molecule is NC(=O)Nc1cccc(C(=O)NC/C=C/CNC(=O)c2nc(N)cc3ccccc23)c1. The van der Waals surface area contributed by atoms with Crippen LogP contribution in [0.1, 0.15) is 20.8 Å². The third-order valence-electron chi connectivity index (χ3n) is 4.30. The largest absolute Gasteiger partial charge is 0.384 e. The van der Waals surface area contributed by atoms with Crippen LogP contribution in [0.3, 0.4) is 0 Å². The topological polar surface area (TPSA) is 152 Å². The van der Waals surface area contributed by atoms with Gasteiger partial charge in [-0.05, 0) is 29.7 Å². The molecular weight excluding hydrogens is 396 g/mol. The van der Waals surface area contributed by atoms with E-state index in [1.807, 2.05) is 24.3 Å². The van der Waals surface area contributed by atoms with Gasteiger partial charge in [0.15, 0.2) is 0 Å². The highest BCUT2D eigenvalue weighted by atomic mass is 16.2. The lowest BCUT2D eigenvalue weighted by molar-refractivity contribution is 0.0947. The standard InChI is InChI=1S/C22H22N6O3/c23-18-13-14-6-1-2-9-17(14)19(28-18)21(30)26-11-4-3-10-25-20(29)15-7-5-8-16(12-15)27-22(24)31/h1-9,12-13H,10-11H2,(H2,23,28)(H,25,29)(H,26,30)(H3,24,27,31)/b4-3+. The average Bonchev–Trinajstić information content (AvgIpc) is 2.74. The van der Waals surface area contributed by atoms with Crippen LogP contribution in [0, 0.1) is 0 Å². The lowest BCUT2D eigenvalue weighted by Crippen LogP contribution is -2.26. The number of nitrogen functional groups attached to an aromatic ring is 1. The van der Waals surface area contributed by atoms with Crippen molar-refractivity contribution >= 4 is 40.1 Å². The van der Waals surface area contributed by atoms with E-state index < -0.39 is 6.03 Å². The van der Waals surface area contributed by atoms with Crippen LogP contribution < -0.4 is 27.4 Å². The van der Waals surface area contributed by atoms with Crippen molar-refractivity contribution in [1.82, 2.24) is 15.6 Å². The van der Waals surface area contributed by atoms with Gasteiger partial charge < -0.3 is 27.4 Å². The van der Waals surface area contributed by atoms with E-state index in [9.17, 15) is 14.4 Å². The molecular formula is C22H22N6O3. The Bertz CT molecular complexity index is 1160.